The predicted molar refractivity (Wildman–Crippen MR) is 83.3 cm³/mol. The van der Waals surface area contributed by atoms with Crippen LogP contribution in [0.25, 0.3) is 0 Å². The van der Waals surface area contributed by atoms with Gasteiger partial charge >= 0.3 is 0 Å². The topological polar surface area (TPSA) is 118 Å². The van der Waals surface area contributed by atoms with E-state index in [0.29, 0.717) is 17.9 Å². The van der Waals surface area contributed by atoms with E-state index in [2.05, 4.69) is 5.32 Å². The molecule has 0 atom stereocenters. The van der Waals surface area contributed by atoms with Crippen LogP contribution in [-0.2, 0) is 10.0 Å². The molecule has 0 bridgehead atoms. The highest BCUT2D eigenvalue weighted by Gasteiger charge is 2.31. The van der Waals surface area contributed by atoms with Crippen molar-refractivity contribution in [1.82, 2.24) is 0 Å². The molecule has 2 rings (SSSR count). The fourth-order valence-electron chi connectivity index (χ4n) is 2.90. The summed E-state index contributed by atoms with van der Waals surface area (Å²) in [4.78, 5) is -0.00796. The van der Waals surface area contributed by atoms with Crippen LogP contribution in [0.15, 0.2) is 23.1 Å². The van der Waals surface area contributed by atoms with Crippen LogP contribution in [0.2, 0.25) is 0 Å². The quantitative estimate of drug-likeness (QED) is 0.610. The zero-order valence-corrected chi connectivity index (χ0v) is 12.8. The first-order valence-corrected chi connectivity index (χ1v) is 8.68. The molecule has 0 heterocycles. The maximum Gasteiger partial charge on any atom is 0.240 e. The highest BCUT2D eigenvalue weighted by atomic mass is 32.2. The Morgan fingerprint density at radius 1 is 1.24 bits per heavy atom. The van der Waals surface area contributed by atoms with Crippen molar-refractivity contribution in [2.45, 2.75) is 37.0 Å². The highest BCUT2D eigenvalue weighted by Crippen LogP contribution is 2.36. The van der Waals surface area contributed by atoms with Gasteiger partial charge in [-0.25, -0.2) is 13.6 Å². The number of aliphatic hydroxyl groups excluding tert-OH is 1. The lowest BCUT2D eigenvalue weighted by molar-refractivity contribution is 0.0943. The lowest BCUT2D eigenvalue weighted by Gasteiger charge is -2.36. The number of primary sulfonamides is 1. The molecule has 1 aromatic rings. The van der Waals surface area contributed by atoms with Gasteiger partial charge in [-0.15, -0.1) is 0 Å². The van der Waals surface area contributed by atoms with E-state index in [9.17, 15) is 13.5 Å². The largest absolute Gasteiger partial charge is 0.399 e. The molecule has 118 valence electrons. The molecule has 7 heteroatoms. The van der Waals surface area contributed by atoms with Crippen molar-refractivity contribution in [2.75, 3.05) is 24.2 Å². The van der Waals surface area contributed by atoms with Gasteiger partial charge in [-0.05, 0) is 31.0 Å². The van der Waals surface area contributed by atoms with Gasteiger partial charge in [-0.2, -0.15) is 0 Å². The number of hydrogen-bond acceptors (Lipinski definition) is 5. The molecule has 1 aliphatic carbocycles. The summed E-state index contributed by atoms with van der Waals surface area (Å²) in [5.74, 6) is 0. The van der Waals surface area contributed by atoms with Crippen LogP contribution in [0.3, 0.4) is 0 Å². The normalized spacial score (nSPS) is 18.4. The molecule has 0 radical (unpaired) electrons. The van der Waals surface area contributed by atoms with Crippen molar-refractivity contribution in [2.24, 2.45) is 10.6 Å². The fourth-order valence-corrected chi connectivity index (χ4v) is 3.64. The predicted octanol–water partition coefficient (Wildman–Crippen LogP) is 1.27. The van der Waals surface area contributed by atoms with Gasteiger partial charge in [0, 0.05) is 17.6 Å². The second-order valence-corrected chi connectivity index (χ2v) is 7.40. The van der Waals surface area contributed by atoms with E-state index < -0.39 is 10.0 Å². The lowest BCUT2D eigenvalue weighted by atomic mass is 9.74. The van der Waals surface area contributed by atoms with Crippen molar-refractivity contribution in [3.05, 3.63) is 18.2 Å². The van der Waals surface area contributed by atoms with Gasteiger partial charge in [0.05, 0.1) is 12.3 Å². The third kappa shape index (κ3) is 3.87. The third-order valence-electron chi connectivity index (χ3n) is 4.22. The van der Waals surface area contributed by atoms with E-state index in [4.69, 9.17) is 10.9 Å². The first kappa shape index (κ1) is 16.1. The molecule has 0 aromatic heterocycles. The summed E-state index contributed by atoms with van der Waals surface area (Å²) < 4.78 is 23.3. The molecular weight excluding hydrogens is 290 g/mol. The van der Waals surface area contributed by atoms with Crippen LogP contribution >= 0.6 is 0 Å². The summed E-state index contributed by atoms with van der Waals surface area (Å²) in [6.45, 7) is 0.621. The van der Waals surface area contributed by atoms with Crippen molar-refractivity contribution in [3.63, 3.8) is 0 Å². The van der Waals surface area contributed by atoms with Crippen LogP contribution in [-0.4, -0.2) is 26.7 Å². The molecule has 1 aromatic carbocycles. The number of nitrogen functional groups attached to an aromatic ring is 1. The Hall–Kier alpha value is -1.31. The molecule has 0 aliphatic heterocycles. The Morgan fingerprint density at radius 2 is 1.90 bits per heavy atom. The highest BCUT2D eigenvalue weighted by molar-refractivity contribution is 7.89. The van der Waals surface area contributed by atoms with E-state index >= 15 is 0 Å². The molecule has 0 spiro atoms. The number of aliphatic hydroxyl groups is 1. The summed E-state index contributed by atoms with van der Waals surface area (Å²) in [6.07, 6.45) is 5.25. The zero-order valence-electron chi connectivity index (χ0n) is 12.0. The molecule has 1 aliphatic rings. The van der Waals surface area contributed by atoms with Crippen LogP contribution in [0.5, 0.6) is 0 Å². The molecule has 1 fully saturated rings. The minimum Gasteiger partial charge on any atom is -0.399 e. The van der Waals surface area contributed by atoms with E-state index in [-0.39, 0.29) is 16.9 Å². The molecule has 0 amide bonds. The van der Waals surface area contributed by atoms with E-state index in [1.165, 1.54) is 12.5 Å². The standard InChI is InChI=1S/C14H23N3O3S/c15-11-4-5-12(13(8-11)21(16,19)20)17-9-14(10-18)6-2-1-3-7-14/h4-5,8,17-18H,1-3,6-7,9-10,15H2,(H2,16,19,20). The van der Waals surface area contributed by atoms with Crippen LogP contribution < -0.4 is 16.2 Å². The number of sulfonamides is 1. The summed E-state index contributed by atoms with van der Waals surface area (Å²) in [7, 11) is -3.84. The van der Waals surface area contributed by atoms with Crippen LogP contribution in [0.4, 0.5) is 11.4 Å². The number of nitrogens with one attached hydrogen (secondary N) is 1. The van der Waals surface area contributed by atoms with Gasteiger partial charge in [-0.3, -0.25) is 0 Å². The zero-order chi connectivity index (χ0) is 15.5. The van der Waals surface area contributed by atoms with Crippen LogP contribution in [0.1, 0.15) is 32.1 Å². The molecule has 0 saturated heterocycles. The number of anilines is 2. The first-order valence-electron chi connectivity index (χ1n) is 7.13. The second kappa shape index (κ2) is 6.21. The minimum atomic E-state index is -3.84. The summed E-state index contributed by atoms with van der Waals surface area (Å²) in [5, 5.41) is 18.1. The Labute approximate surface area is 125 Å². The smallest absolute Gasteiger partial charge is 0.240 e. The van der Waals surface area contributed by atoms with E-state index in [0.717, 1.165) is 25.7 Å². The van der Waals surface area contributed by atoms with E-state index in [1.54, 1.807) is 12.1 Å². The van der Waals surface area contributed by atoms with Gasteiger partial charge in [0.2, 0.25) is 10.0 Å². The van der Waals surface area contributed by atoms with Gasteiger partial charge in [0.25, 0.3) is 0 Å². The fraction of sp³-hybridized carbons (Fsp3) is 0.571. The number of rotatable bonds is 5. The molecule has 1 saturated carbocycles. The van der Waals surface area contributed by atoms with Crippen molar-refractivity contribution >= 4 is 21.4 Å². The monoisotopic (exact) mass is 313 g/mol. The summed E-state index contributed by atoms with van der Waals surface area (Å²) in [5.41, 5.74) is 6.22. The number of benzene rings is 1. The summed E-state index contributed by atoms with van der Waals surface area (Å²) in [6, 6.07) is 4.59. The van der Waals surface area contributed by atoms with Gasteiger partial charge in [0.1, 0.15) is 4.90 Å². The molecule has 0 unspecified atom stereocenters. The molecular formula is C14H23N3O3S. The molecule has 6 N–H and O–H groups in total. The first-order chi connectivity index (χ1) is 9.86. The van der Waals surface area contributed by atoms with E-state index in [1.807, 2.05) is 0 Å². The van der Waals surface area contributed by atoms with Crippen molar-refractivity contribution in [3.8, 4) is 0 Å². The second-order valence-electron chi connectivity index (χ2n) is 5.87. The number of hydrogen-bond donors (Lipinski definition) is 4. The Kier molecular flexibility index (Phi) is 4.75. The van der Waals surface area contributed by atoms with Gasteiger partial charge in [-0.1, -0.05) is 19.3 Å². The SMILES string of the molecule is Nc1ccc(NCC2(CO)CCCCC2)c(S(N)(=O)=O)c1. The molecule has 21 heavy (non-hydrogen) atoms. The maximum atomic E-state index is 11.6. The summed E-state index contributed by atoms with van der Waals surface area (Å²) >= 11 is 0. The Morgan fingerprint density at radius 3 is 2.48 bits per heavy atom. The van der Waals surface area contributed by atoms with Crippen LogP contribution in [0, 0.1) is 5.41 Å². The minimum absolute atomic E-state index is 0.00796. The van der Waals surface area contributed by atoms with Gasteiger partial charge in [0.15, 0.2) is 0 Å². The molecule has 6 nitrogen and oxygen atoms in total. The Bertz CT molecular complexity index is 595. The maximum absolute atomic E-state index is 11.6. The third-order valence-corrected chi connectivity index (χ3v) is 5.17. The lowest BCUT2D eigenvalue weighted by Crippen LogP contribution is -2.36. The van der Waals surface area contributed by atoms with Gasteiger partial charge < -0.3 is 16.2 Å². The van der Waals surface area contributed by atoms with Crippen molar-refractivity contribution in [1.29, 1.82) is 0 Å². The Balaban J connectivity index is 2.20. The van der Waals surface area contributed by atoms with Crippen molar-refractivity contribution < 1.29 is 13.5 Å². The average molecular weight is 313 g/mol. The average Bonchev–Trinajstić information content (AvgIpc) is 2.46. The number of nitrogens with two attached hydrogens (primary N) is 2.